The van der Waals surface area contributed by atoms with Gasteiger partial charge >= 0.3 is 0 Å². The number of hydrogen-bond acceptors (Lipinski definition) is 4. The summed E-state index contributed by atoms with van der Waals surface area (Å²) in [5.74, 6) is -0.443. The lowest BCUT2D eigenvalue weighted by atomic mass is 10.1. The molecule has 1 amide bonds. The molecule has 0 aliphatic heterocycles. The van der Waals surface area contributed by atoms with Gasteiger partial charge in [0.05, 0.1) is 12.9 Å². The first kappa shape index (κ1) is 18.4. The summed E-state index contributed by atoms with van der Waals surface area (Å²) in [6.07, 6.45) is 1.30. The van der Waals surface area contributed by atoms with Crippen molar-refractivity contribution in [2.45, 2.75) is 18.9 Å². The van der Waals surface area contributed by atoms with Gasteiger partial charge in [-0.1, -0.05) is 23.7 Å². The molecule has 0 fully saturated rings. The molecule has 24 heavy (non-hydrogen) atoms. The van der Waals surface area contributed by atoms with E-state index < -0.39 is 15.9 Å². The predicted octanol–water partition coefficient (Wildman–Crippen LogP) is 1.95. The van der Waals surface area contributed by atoms with Crippen molar-refractivity contribution >= 4 is 33.2 Å². The molecule has 0 unspecified atom stereocenters. The molecule has 7 nitrogen and oxygen atoms in total. The Balaban J connectivity index is 2.14. The monoisotopic (exact) mass is 370 g/mol. The van der Waals surface area contributed by atoms with Crippen LogP contribution in [0.5, 0.6) is 0 Å². The zero-order valence-electron chi connectivity index (χ0n) is 13.9. The van der Waals surface area contributed by atoms with Crippen molar-refractivity contribution in [3.63, 3.8) is 0 Å². The fraction of sp³-hybridized carbons (Fsp3) is 0.333. The molecule has 1 aromatic heterocycles. The van der Waals surface area contributed by atoms with Crippen molar-refractivity contribution < 1.29 is 13.2 Å². The third-order valence-electron chi connectivity index (χ3n) is 3.73. The molecule has 0 aliphatic rings. The second-order valence-corrected chi connectivity index (χ2v) is 7.83. The van der Waals surface area contributed by atoms with Crippen LogP contribution in [0.25, 0.3) is 0 Å². The number of imidazole rings is 1. The zero-order valence-corrected chi connectivity index (χ0v) is 15.4. The Bertz CT molecular complexity index is 877. The number of nitrogens with zero attached hydrogens (tertiary/aromatic N) is 3. The van der Waals surface area contributed by atoms with Crippen molar-refractivity contribution in [2.75, 3.05) is 18.9 Å². The molecule has 0 saturated heterocycles. The van der Waals surface area contributed by atoms with E-state index in [2.05, 4.69) is 10.3 Å². The van der Waals surface area contributed by atoms with E-state index in [1.807, 2.05) is 26.0 Å². The first-order valence-corrected chi connectivity index (χ1v) is 8.95. The second kappa shape index (κ2) is 6.92. The number of amides is 1. The molecule has 1 heterocycles. The van der Waals surface area contributed by atoms with Gasteiger partial charge < -0.3 is 9.88 Å². The SMILES string of the molecule is Cc1cccc(NC(=O)CN(C)S(=O)(=O)c2ncn(C)c2Cl)c1C. The maximum Gasteiger partial charge on any atom is 0.263 e. The van der Waals surface area contributed by atoms with E-state index in [1.54, 1.807) is 13.1 Å². The van der Waals surface area contributed by atoms with Gasteiger partial charge in [0.1, 0.15) is 5.15 Å². The molecule has 0 bridgehead atoms. The van der Waals surface area contributed by atoms with Crippen LogP contribution in [0.4, 0.5) is 5.69 Å². The third kappa shape index (κ3) is 3.61. The van der Waals surface area contributed by atoms with E-state index in [1.165, 1.54) is 17.9 Å². The Morgan fingerprint density at radius 1 is 1.38 bits per heavy atom. The van der Waals surface area contributed by atoms with Crippen LogP contribution in [0.3, 0.4) is 0 Å². The quantitative estimate of drug-likeness (QED) is 0.871. The van der Waals surface area contributed by atoms with E-state index in [-0.39, 0.29) is 16.7 Å². The largest absolute Gasteiger partial charge is 0.325 e. The molecular formula is C15H19ClN4O3S. The van der Waals surface area contributed by atoms with E-state index in [0.717, 1.165) is 15.4 Å². The number of aromatic nitrogens is 2. The standard InChI is InChI=1S/C15H19ClN4O3S/c1-10-6-5-7-12(11(10)2)18-13(21)8-20(4)24(22,23)15-14(16)19(3)9-17-15/h5-7,9H,8H2,1-4H3,(H,18,21). The van der Waals surface area contributed by atoms with Crippen LogP contribution >= 0.6 is 11.6 Å². The minimum absolute atomic E-state index is 0.00298. The van der Waals surface area contributed by atoms with E-state index in [4.69, 9.17) is 11.6 Å². The van der Waals surface area contributed by atoms with Gasteiger partial charge in [-0.2, -0.15) is 4.31 Å². The molecule has 0 spiro atoms. The smallest absolute Gasteiger partial charge is 0.263 e. The molecule has 9 heteroatoms. The Morgan fingerprint density at radius 3 is 2.62 bits per heavy atom. The first-order chi connectivity index (χ1) is 11.1. The Hall–Kier alpha value is -1.90. The number of anilines is 1. The van der Waals surface area contributed by atoms with E-state index >= 15 is 0 Å². The predicted molar refractivity (Wildman–Crippen MR) is 92.6 cm³/mol. The van der Waals surface area contributed by atoms with Gasteiger partial charge in [0.2, 0.25) is 10.9 Å². The maximum absolute atomic E-state index is 12.5. The normalized spacial score (nSPS) is 11.8. The highest BCUT2D eigenvalue weighted by Gasteiger charge is 2.28. The molecule has 2 aromatic rings. The van der Waals surface area contributed by atoms with Crippen molar-refractivity contribution in [1.29, 1.82) is 0 Å². The third-order valence-corrected chi connectivity index (χ3v) is 6.03. The van der Waals surface area contributed by atoms with Crippen LogP contribution in [0, 0.1) is 13.8 Å². The first-order valence-electron chi connectivity index (χ1n) is 7.13. The topological polar surface area (TPSA) is 84.3 Å². The highest BCUT2D eigenvalue weighted by atomic mass is 35.5. The Kier molecular flexibility index (Phi) is 5.32. The summed E-state index contributed by atoms with van der Waals surface area (Å²) in [6.45, 7) is 3.48. The van der Waals surface area contributed by atoms with Gasteiger partial charge in [-0.25, -0.2) is 13.4 Å². The van der Waals surface area contributed by atoms with Crippen molar-refractivity contribution in [3.8, 4) is 0 Å². The van der Waals surface area contributed by atoms with Gasteiger partial charge in [0.15, 0.2) is 0 Å². The van der Waals surface area contributed by atoms with Crippen molar-refractivity contribution in [2.24, 2.45) is 7.05 Å². The Morgan fingerprint density at radius 2 is 2.04 bits per heavy atom. The van der Waals surface area contributed by atoms with E-state index in [9.17, 15) is 13.2 Å². The molecular weight excluding hydrogens is 352 g/mol. The van der Waals surface area contributed by atoms with Gasteiger partial charge in [-0.05, 0) is 31.0 Å². The molecule has 0 aliphatic carbocycles. The van der Waals surface area contributed by atoms with Crippen LogP contribution in [0.1, 0.15) is 11.1 Å². The average Bonchev–Trinajstić information content (AvgIpc) is 2.84. The molecule has 0 radical (unpaired) electrons. The number of likely N-dealkylation sites (N-methyl/N-ethyl adjacent to an activating group) is 1. The molecule has 0 atom stereocenters. The summed E-state index contributed by atoms with van der Waals surface area (Å²) in [5.41, 5.74) is 2.62. The molecule has 130 valence electrons. The number of benzene rings is 1. The number of nitrogens with one attached hydrogen (secondary N) is 1. The van der Waals surface area contributed by atoms with Crippen LogP contribution < -0.4 is 5.32 Å². The molecule has 2 rings (SSSR count). The summed E-state index contributed by atoms with van der Waals surface area (Å²) in [5, 5.41) is 2.45. The summed E-state index contributed by atoms with van der Waals surface area (Å²) < 4.78 is 27.2. The number of carbonyl (C=O) groups is 1. The molecule has 1 aromatic carbocycles. The maximum atomic E-state index is 12.5. The highest BCUT2D eigenvalue weighted by molar-refractivity contribution is 7.89. The van der Waals surface area contributed by atoms with Crippen molar-refractivity contribution in [3.05, 3.63) is 40.8 Å². The molecule has 0 saturated carbocycles. The lowest BCUT2D eigenvalue weighted by Crippen LogP contribution is -2.35. The zero-order chi connectivity index (χ0) is 18.1. The number of halogens is 1. The fourth-order valence-electron chi connectivity index (χ4n) is 2.08. The van der Waals surface area contributed by atoms with Gasteiger partial charge in [0, 0.05) is 19.8 Å². The number of aryl methyl sites for hydroxylation is 2. The van der Waals surface area contributed by atoms with Crippen LogP contribution in [0.2, 0.25) is 5.15 Å². The van der Waals surface area contributed by atoms with Crippen LogP contribution in [0.15, 0.2) is 29.6 Å². The summed E-state index contributed by atoms with van der Waals surface area (Å²) in [6, 6.07) is 5.53. The number of hydrogen-bond donors (Lipinski definition) is 1. The number of sulfonamides is 1. The number of rotatable bonds is 5. The molecule has 1 N–H and O–H groups in total. The van der Waals surface area contributed by atoms with E-state index in [0.29, 0.717) is 5.69 Å². The minimum atomic E-state index is -3.95. The summed E-state index contributed by atoms with van der Waals surface area (Å²) in [7, 11) is -1.05. The Labute approximate surface area is 146 Å². The number of carbonyl (C=O) groups excluding carboxylic acids is 1. The van der Waals surface area contributed by atoms with Gasteiger partial charge in [-0.3, -0.25) is 4.79 Å². The summed E-state index contributed by atoms with van der Waals surface area (Å²) in [4.78, 5) is 16.0. The lowest BCUT2D eigenvalue weighted by Gasteiger charge is -2.16. The highest BCUT2D eigenvalue weighted by Crippen LogP contribution is 2.22. The second-order valence-electron chi connectivity index (χ2n) is 5.51. The fourth-order valence-corrected chi connectivity index (χ4v) is 3.58. The summed E-state index contributed by atoms with van der Waals surface area (Å²) >= 11 is 5.94. The van der Waals surface area contributed by atoms with Crippen LogP contribution in [-0.4, -0.2) is 41.8 Å². The van der Waals surface area contributed by atoms with Gasteiger partial charge in [-0.15, -0.1) is 0 Å². The van der Waals surface area contributed by atoms with Crippen molar-refractivity contribution in [1.82, 2.24) is 13.9 Å². The minimum Gasteiger partial charge on any atom is -0.325 e. The average molecular weight is 371 g/mol. The lowest BCUT2D eigenvalue weighted by molar-refractivity contribution is -0.116. The van der Waals surface area contributed by atoms with Crippen LogP contribution in [-0.2, 0) is 21.9 Å². The van der Waals surface area contributed by atoms with Gasteiger partial charge in [0.25, 0.3) is 10.0 Å².